The molecule has 1 amide bonds. The maximum atomic E-state index is 11.7. The van der Waals surface area contributed by atoms with Crippen LogP contribution in [0.2, 0.25) is 0 Å². The molecule has 0 bridgehead atoms. The minimum Gasteiger partial charge on any atom is -0.347 e. The normalized spacial score (nSPS) is 17.8. The Morgan fingerprint density at radius 1 is 1.69 bits per heavy atom. The maximum absolute atomic E-state index is 11.7. The predicted molar refractivity (Wildman–Crippen MR) is 60.7 cm³/mol. The monoisotopic (exact) mass is 222 g/mol. The van der Waals surface area contributed by atoms with E-state index in [2.05, 4.69) is 20.6 Å². The van der Waals surface area contributed by atoms with E-state index in [1.165, 1.54) is 0 Å². The molecule has 0 aliphatic carbocycles. The van der Waals surface area contributed by atoms with E-state index in [0.29, 0.717) is 12.3 Å². The highest BCUT2D eigenvalue weighted by Crippen LogP contribution is 2.13. The smallest absolute Gasteiger partial charge is 0.220 e. The van der Waals surface area contributed by atoms with Crippen molar-refractivity contribution in [1.82, 2.24) is 20.6 Å². The molecule has 2 heterocycles. The molecule has 1 aromatic rings. The quantitative estimate of drug-likeness (QED) is 0.682. The Balaban J connectivity index is 1.83. The Labute approximate surface area is 95.0 Å². The van der Waals surface area contributed by atoms with Crippen LogP contribution in [0.4, 0.5) is 0 Å². The number of carbonyl (C=O) groups is 1. The summed E-state index contributed by atoms with van der Waals surface area (Å²) in [5.74, 6) is 1.46. The van der Waals surface area contributed by atoms with Crippen LogP contribution < -0.4 is 10.6 Å². The van der Waals surface area contributed by atoms with Gasteiger partial charge in [-0.3, -0.25) is 4.79 Å². The molecular weight excluding hydrogens is 204 g/mol. The van der Waals surface area contributed by atoms with Crippen molar-refractivity contribution in [3.8, 4) is 0 Å². The van der Waals surface area contributed by atoms with Gasteiger partial charge >= 0.3 is 0 Å². The first-order valence-corrected chi connectivity index (χ1v) is 5.79. The van der Waals surface area contributed by atoms with E-state index in [-0.39, 0.29) is 11.9 Å². The molecule has 0 saturated carbocycles. The van der Waals surface area contributed by atoms with Crippen molar-refractivity contribution in [2.75, 3.05) is 13.1 Å². The van der Waals surface area contributed by atoms with Gasteiger partial charge in [0.15, 0.2) is 0 Å². The fourth-order valence-corrected chi connectivity index (χ4v) is 1.84. The fraction of sp³-hybridized carbons (Fsp3) is 0.636. The third kappa shape index (κ3) is 2.61. The molecule has 1 unspecified atom stereocenters. The standard InChI is InChI=1S/C11H18N4O/c1-2-9(11-13-3-4-14-11)15-10(16)5-8-6-12-7-8/h3-4,8-9,12H,2,5-7H2,1H3,(H,13,14)(H,15,16). The first-order chi connectivity index (χ1) is 7.79. The molecule has 0 spiro atoms. The van der Waals surface area contributed by atoms with Crippen LogP contribution in [-0.4, -0.2) is 29.0 Å². The van der Waals surface area contributed by atoms with E-state index >= 15 is 0 Å². The topological polar surface area (TPSA) is 69.8 Å². The van der Waals surface area contributed by atoms with E-state index < -0.39 is 0 Å². The molecule has 5 nitrogen and oxygen atoms in total. The Bertz CT molecular complexity index is 332. The summed E-state index contributed by atoms with van der Waals surface area (Å²) in [6.07, 6.45) is 4.95. The summed E-state index contributed by atoms with van der Waals surface area (Å²) < 4.78 is 0. The van der Waals surface area contributed by atoms with Crippen LogP contribution in [0.1, 0.15) is 31.6 Å². The second kappa shape index (κ2) is 5.12. The first-order valence-electron chi connectivity index (χ1n) is 5.79. The van der Waals surface area contributed by atoms with Gasteiger partial charge in [0.2, 0.25) is 5.91 Å². The van der Waals surface area contributed by atoms with Crippen molar-refractivity contribution in [2.45, 2.75) is 25.8 Å². The molecule has 2 rings (SSSR count). The number of amides is 1. The molecular formula is C11H18N4O. The number of aromatic amines is 1. The summed E-state index contributed by atoms with van der Waals surface area (Å²) in [4.78, 5) is 18.9. The average molecular weight is 222 g/mol. The van der Waals surface area contributed by atoms with E-state index in [9.17, 15) is 4.79 Å². The summed E-state index contributed by atoms with van der Waals surface area (Å²) in [6, 6.07) is 0.00976. The number of hydrogen-bond donors (Lipinski definition) is 3. The molecule has 0 radical (unpaired) electrons. The van der Waals surface area contributed by atoms with Gasteiger partial charge in [0, 0.05) is 18.8 Å². The Morgan fingerprint density at radius 2 is 2.50 bits per heavy atom. The third-order valence-corrected chi connectivity index (χ3v) is 2.93. The molecule has 1 aliphatic heterocycles. The van der Waals surface area contributed by atoms with Gasteiger partial charge in [-0.1, -0.05) is 6.92 Å². The highest BCUT2D eigenvalue weighted by molar-refractivity contribution is 5.76. The molecule has 16 heavy (non-hydrogen) atoms. The van der Waals surface area contributed by atoms with Gasteiger partial charge in [0.1, 0.15) is 5.82 Å². The highest BCUT2D eigenvalue weighted by atomic mass is 16.1. The Kier molecular flexibility index (Phi) is 3.56. The lowest BCUT2D eigenvalue weighted by Gasteiger charge is -2.27. The van der Waals surface area contributed by atoms with Gasteiger partial charge < -0.3 is 15.6 Å². The van der Waals surface area contributed by atoms with Gasteiger partial charge in [0.05, 0.1) is 6.04 Å². The molecule has 5 heteroatoms. The van der Waals surface area contributed by atoms with Gasteiger partial charge in [0.25, 0.3) is 0 Å². The summed E-state index contributed by atoms with van der Waals surface area (Å²) in [6.45, 7) is 3.97. The van der Waals surface area contributed by atoms with Crippen molar-refractivity contribution >= 4 is 5.91 Å². The lowest BCUT2D eigenvalue weighted by atomic mass is 9.99. The zero-order valence-corrected chi connectivity index (χ0v) is 9.49. The predicted octanol–water partition coefficient (Wildman–Crippen LogP) is 0.586. The molecule has 1 atom stereocenters. The van der Waals surface area contributed by atoms with Crippen molar-refractivity contribution in [3.63, 3.8) is 0 Å². The van der Waals surface area contributed by atoms with E-state index in [4.69, 9.17) is 0 Å². The summed E-state index contributed by atoms with van der Waals surface area (Å²) in [5.41, 5.74) is 0. The van der Waals surface area contributed by atoms with Crippen LogP contribution in [0.25, 0.3) is 0 Å². The molecule has 1 fully saturated rings. The van der Waals surface area contributed by atoms with Gasteiger partial charge in [-0.2, -0.15) is 0 Å². The van der Waals surface area contributed by atoms with Crippen LogP contribution in [-0.2, 0) is 4.79 Å². The molecule has 1 aromatic heterocycles. The van der Waals surface area contributed by atoms with Gasteiger partial charge in [-0.15, -0.1) is 0 Å². The maximum Gasteiger partial charge on any atom is 0.220 e. The van der Waals surface area contributed by atoms with E-state index in [1.807, 2.05) is 6.92 Å². The number of carbonyl (C=O) groups excluding carboxylic acids is 1. The van der Waals surface area contributed by atoms with Crippen LogP contribution in [0.3, 0.4) is 0 Å². The van der Waals surface area contributed by atoms with Crippen LogP contribution in [0, 0.1) is 5.92 Å². The number of H-pyrrole nitrogens is 1. The van der Waals surface area contributed by atoms with Crippen LogP contribution in [0.15, 0.2) is 12.4 Å². The Morgan fingerprint density at radius 3 is 3.00 bits per heavy atom. The largest absolute Gasteiger partial charge is 0.347 e. The van der Waals surface area contributed by atoms with Crippen molar-refractivity contribution < 1.29 is 4.79 Å². The average Bonchev–Trinajstić information content (AvgIpc) is 2.73. The number of nitrogens with zero attached hydrogens (tertiary/aromatic N) is 1. The molecule has 1 aliphatic rings. The Hall–Kier alpha value is -1.36. The molecule has 0 aromatic carbocycles. The van der Waals surface area contributed by atoms with E-state index in [1.54, 1.807) is 12.4 Å². The second-order valence-corrected chi connectivity index (χ2v) is 4.23. The van der Waals surface area contributed by atoms with Crippen molar-refractivity contribution in [1.29, 1.82) is 0 Å². The summed E-state index contributed by atoms with van der Waals surface area (Å²) >= 11 is 0. The third-order valence-electron chi connectivity index (χ3n) is 2.93. The van der Waals surface area contributed by atoms with Crippen LogP contribution in [0.5, 0.6) is 0 Å². The number of aromatic nitrogens is 2. The number of imidazole rings is 1. The van der Waals surface area contributed by atoms with Crippen LogP contribution >= 0.6 is 0 Å². The van der Waals surface area contributed by atoms with Crippen molar-refractivity contribution in [2.24, 2.45) is 5.92 Å². The second-order valence-electron chi connectivity index (χ2n) is 4.23. The minimum absolute atomic E-state index is 0.00976. The lowest BCUT2D eigenvalue weighted by molar-refractivity contribution is -0.123. The lowest BCUT2D eigenvalue weighted by Crippen LogP contribution is -2.44. The number of rotatable bonds is 5. The van der Waals surface area contributed by atoms with Crippen molar-refractivity contribution in [3.05, 3.63) is 18.2 Å². The first kappa shape index (κ1) is 11.1. The summed E-state index contributed by atoms with van der Waals surface area (Å²) in [7, 11) is 0. The number of hydrogen-bond acceptors (Lipinski definition) is 3. The highest BCUT2D eigenvalue weighted by Gasteiger charge is 2.22. The minimum atomic E-state index is 0.00976. The molecule has 88 valence electrons. The van der Waals surface area contributed by atoms with Gasteiger partial charge in [-0.25, -0.2) is 4.98 Å². The molecule has 1 saturated heterocycles. The van der Waals surface area contributed by atoms with Gasteiger partial charge in [-0.05, 0) is 25.4 Å². The fourth-order valence-electron chi connectivity index (χ4n) is 1.84. The van der Waals surface area contributed by atoms with E-state index in [0.717, 1.165) is 25.3 Å². The zero-order valence-electron chi connectivity index (χ0n) is 9.49. The SMILES string of the molecule is CCC(NC(=O)CC1CNC1)c1ncc[nH]1. The molecule has 3 N–H and O–H groups in total. The summed E-state index contributed by atoms with van der Waals surface area (Å²) in [5, 5.41) is 6.17. The zero-order chi connectivity index (χ0) is 11.4. The number of nitrogens with one attached hydrogen (secondary N) is 3.